The number of aryl methyl sites for hydroxylation is 2. The van der Waals surface area contributed by atoms with E-state index in [0.29, 0.717) is 18.7 Å². The van der Waals surface area contributed by atoms with Gasteiger partial charge in [-0.2, -0.15) is 0 Å². The Morgan fingerprint density at radius 2 is 1.59 bits per heavy atom. The number of methoxy groups -OCH3 is 1. The number of carboxylic acid groups (broad SMARTS) is 3. The lowest BCUT2D eigenvalue weighted by Crippen LogP contribution is -2.22. The van der Waals surface area contributed by atoms with E-state index in [2.05, 4.69) is 34.5 Å². The van der Waals surface area contributed by atoms with Crippen LogP contribution >= 0.6 is 11.6 Å². The molecule has 0 bridgehead atoms. The minimum Gasteiger partial charge on any atom is -0.497 e. The highest BCUT2D eigenvalue weighted by Crippen LogP contribution is 2.39. The number of rotatable bonds is 11. The smallest absolute Gasteiger partial charge is 0.328 e. The first-order valence-corrected chi connectivity index (χ1v) is 12.1. The monoisotopic (exact) mass is 530 g/mol. The van der Waals surface area contributed by atoms with E-state index in [9.17, 15) is 14.4 Å². The van der Waals surface area contributed by atoms with Gasteiger partial charge < -0.3 is 30.3 Å². The maximum Gasteiger partial charge on any atom is 0.328 e. The number of unbranched alkanes of at least 4 members (excludes halogenated alkanes) is 1. The van der Waals surface area contributed by atoms with Crippen molar-refractivity contribution in [2.75, 3.05) is 31.6 Å². The Bertz CT molecular complexity index is 1130. The number of benzene rings is 2. The number of nitrogens with one attached hydrogen (secondary N) is 1. The van der Waals surface area contributed by atoms with Gasteiger partial charge in [-0.25, -0.2) is 14.4 Å². The van der Waals surface area contributed by atoms with Crippen molar-refractivity contribution in [1.29, 1.82) is 0 Å². The molecule has 0 saturated carbocycles. The van der Waals surface area contributed by atoms with Gasteiger partial charge in [0.15, 0.2) is 0 Å². The van der Waals surface area contributed by atoms with E-state index < -0.39 is 17.9 Å². The van der Waals surface area contributed by atoms with Gasteiger partial charge in [-0.15, -0.1) is 0 Å². The molecule has 0 aliphatic carbocycles. The number of nitrogens with zero attached hydrogens (tertiary/aromatic N) is 1. The summed E-state index contributed by atoms with van der Waals surface area (Å²) in [4.78, 5) is 31.9. The molecule has 0 aromatic heterocycles. The number of aliphatic carboxylic acids is 3. The van der Waals surface area contributed by atoms with Crippen LogP contribution in [0, 0.1) is 0 Å². The number of hydrogen-bond acceptors (Lipinski definition) is 6. The van der Waals surface area contributed by atoms with Crippen molar-refractivity contribution in [3.63, 3.8) is 0 Å². The summed E-state index contributed by atoms with van der Waals surface area (Å²) < 4.78 is 5.42. The van der Waals surface area contributed by atoms with E-state index in [4.69, 9.17) is 31.7 Å². The van der Waals surface area contributed by atoms with E-state index in [1.807, 2.05) is 12.1 Å². The van der Waals surface area contributed by atoms with Gasteiger partial charge in [0.05, 0.1) is 7.11 Å². The predicted molar refractivity (Wildman–Crippen MR) is 142 cm³/mol. The van der Waals surface area contributed by atoms with E-state index >= 15 is 0 Å². The Labute approximate surface area is 220 Å². The van der Waals surface area contributed by atoms with Crippen LogP contribution in [0.25, 0.3) is 0 Å². The van der Waals surface area contributed by atoms with Crippen molar-refractivity contribution in [2.45, 2.75) is 25.7 Å². The lowest BCUT2D eigenvalue weighted by molar-refractivity contribution is -0.134. The molecule has 1 heterocycles. The van der Waals surface area contributed by atoms with Crippen LogP contribution in [0.5, 0.6) is 5.75 Å². The molecule has 4 N–H and O–H groups in total. The summed E-state index contributed by atoms with van der Waals surface area (Å²) in [6.07, 6.45) is 7.85. The molecule has 0 unspecified atom stereocenters. The molecule has 0 amide bonds. The lowest BCUT2D eigenvalue weighted by atomic mass is 10.0. The largest absolute Gasteiger partial charge is 0.497 e. The molecule has 10 heteroatoms. The standard InChI is InChI=1S/C23H27ClN2O3.C4H4O4/c1-29-20-10-11-21-18(15-20)7-6-17-8-9-19(24)16-22(17)26(21)14-3-2-12-25-13-4-5-23(27)28;5-3(6)1-2-4(7)8/h4-5,8-11,15-16,25H,2-3,6-7,12-14H2,1H3,(H,27,28);1-2H,(H,5,6)(H,7,8)/b5-4+;2-1-. The van der Waals surface area contributed by atoms with Gasteiger partial charge in [-0.05, 0) is 73.7 Å². The second-order valence-electron chi connectivity index (χ2n) is 8.08. The van der Waals surface area contributed by atoms with Crippen LogP contribution in [0.3, 0.4) is 0 Å². The van der Waals surface area contributed by atoms with E-state index in [0.717, 1.165) is 55.6 Å². The van der Waals surface area contributed by atoms with E-state index in [1.165, 1.54) is 22.5 Å². The van der Waals surface area contributed by atoms with Crippen LogP contribution in [0.2, 0.25) is 5.02 Å². The molecule has 3 rings (SSSR count). The first kappa shape index (κ1) is 29.4. The van der Waals surface area contributed by atoms with Gasteiger partial charge in [0.2, 0.25) is 0 Å². The second kappa shape index (κ2) is 15.3. The summed E-state index contributed by atoms with van der Waals surface area (Å²) in [7, 11) is 1.70. The number of fused-ring (bicyclic) bond motifs is 2. The first-order valence-electron chi connectivity index (χ1n) is 11.7. The molecule has 198 valence electrons. The Kier molecular flexibility index (Phi) is 12.2. The normalized spacial score (nSPS) is 12.3. The summed E-state index contributed by atoms with van der Waals surface area (Å²) in [5, 5.41) is 28.2. The quantitative estimate of drug-likeness (QED) is 0.247. The number of halogens is 1. The molecule has 1 aliphatic heterocycles. The van der Waals surface area contributed by atoms with Crippen LogP contribution in [0.15, 0.2) is 60.7 Å². The van der Waals surface area contributed by atoms with Crippen LogP contribution in [-0.4, -0.2) is 60.0 Å². The van der Waals surface area contributed by atoms with Gasteiger partial charge >= 0.3 is 17.9 Å². The van der Waals surface area contributed by atoms with Gasteiger partial charge in [0.25, 0.3) is 0 Å². The van der Waals surface area contributed by atoms with Crippen LogP contribution in [0.4, 0.5) is 11.4 Å². The Hall–Kier alpha value is -3.82. The van der Waals surface area contributed by atoms with Crippen molar-refractivity contribution in [1.82, 2.24) is 5.32 Å². The van der Waals surface area contributed by atoms with Gasteiger partial charge in [-0.3, -0.25) is 0 Å². The number of anilines is 2. The number of carbonyl (C=O) groups is 3. The van der Waals surface area contributed by atoms with E-state index in [-0.39, 0.29) is 0 Å². The highest BCUT2D eigenvalue weighted by Gasteiger charge is 2.21. The zero-order valence-electron chi connectivity index (χ0n) is 20.5. The Balaban J connectivity index is 0.000000521. The maximum absolute atomic E-state index is 10.5. The van der Waals surface area contributed by atoms with Gasteiger partial charge in [0, 0.05) is 47.7 Å². The average Bonchev–Trinajstić information content (AvgIpc) is 3.00. The molecular formula is C27H31ClN2O7. The van der Waals surface area contributed by atoms with Gasteiger partial charge in [-0.1, -0.05) is 23.7 Å². The number of carboxylic acids is 3. The highest BCUT2D eigenvalue weighted by molar-refractivity contribution is 6.30. The molecule has 2 aromatic carbocycles. The SMILES string of the molecule is COc1ccc2c(c1)CCc1ccc(Cl)cc1N2CCCCNC/C=C/C(=O)O.O=C(O)/C=C\C(=O)O. The fourth-order valence-corrected chi connectivity index (χ4v) is 3.97. The van der Waals surface area contributed by atoms with Crippen molar-refractivity contribution in [3.05, 3.63) is 76.9 Å². The molecule has 37 heavy (non-hydrogen) atoms. The van der Waals surface area contributed by atoms with E-state index in [1.54, 1.807) is 13.2 Å². The highest BCUT2D eigenvalue weighted by atomic mass is 35.5. The first-order chi connectivity index (χ1) is 17.7. The lowest BCUT2D eigenvalue weighted by Gasteiger charge is -2.27. The Morgan fingerprint density at radius 1 is 0.919 bits per heavy atom. The van der Waals surface area contributed by atoms with Crippen molar-refractivity contribution in [3.8, 4) is 5.75 Å². The molecule has 0 atom stereocenters. The predicted octanol–water partition coefficient (Wildman–Crippen LogP) is 4.31. The molecular weight excluding hydrogens is 500 g/mol. The Morgan fingerprint density at radius 3 is 2.24 bits per heavy atom. The molecule has 0 fully saturated rings. The molecule has 1 aliphatic rings. The third kappa shape index (κ3) is 10.4. The maximum atomic E-state index is 10.5. The summed E-state index contributed by atoms with van der Waals surface area (Å²) in [6.45, 7) is 2.30. The molecule has 9 nitrogen and oxygen atoms in total. The van der Waals surface area contributed by atoms with Crippen molar-refractivity contribution >= 4 is 40.9 Å². The van der Waals surface area contributed by atoms with Crippen LogP contribution in [0.1, 0.15) is 24.0 Å². The minimum absolute atomic E-state index is 0.558. The number of hydrogen-bond donors (Lipinski definition) is 4. The van der Waals surface area contributed by atoms with Crippen LogP contribution < -0.4 is 15.0 Å². The van der Waals surface area contributed by atoms with Crippen LogP contribution in [-0.2, 0) is 27.2 Å². The zero-order valence-corrected chi connectivity index (χ0v) is 21.3. The third-order valence-electron chi connectivity index (χ3n) is 5.46. The molecule has 0 saturated heterocycles. The van der Waals surface area contributed by atoms with Crippen molar-refractivity contribution < 1.29 is 34.4 Å². The molecule has 2 aromatic rings. The second-order valence-corrected chi connectivity index (χ2v) is 8.52. The molecule has 0 spiro atoms. The average molecular weight is 531 g/mol. The summed E-state index contributed by atoms with van der Waals surface area (Å²) >= 11 is 6.32. The van der Waals surface area contributed by atoms with Crippen molar-refractivity contribution in [2.24, 2.45) is 0 Å². The topological polar surface area (TPSA) is 136 Å². The fraction of sp³-hybridized carbons (Fsp3) is 0.296. The number of ether oxygens (including phenoxy) is 1. The third-order valence-corrected chi connectivity index (χ3v) is 5.69. The summed E-state index contributed by atoms with van der Waals surface area (Å²) in [5.74, 6) is -2.55. The summed E-state index contributed by atoms with van der Waals surface area (Å²) in [6, 6.07) is 12.4. The van der Waals surface area contributed by atoms with Gasteiger partial charge in [0.1, 0.15) is 5.75 Å². The molecule has 0 radical (unpaired) electrons. The zero-order chi connectivity index (χ0) is 27.2. The minimum atomic E-state index is -1.26. The summed E-state index contributed by atoms with van der Waals surface area (Å²) in [5.41, 5.74) is 4.98. The fourth-order valence-electron chi connectivity index (χ4n) is 3.80.